The Morgan fingerprint density at radius 2 is 2.04 bits per heavy atom. The van der Waals surface area contributed by atoms with Gasteiger partial charge >= 0.3 is 5.97 Å². The molecule has 2 aromatic carbocycles. The number of nitrogens with one attached hydrogen (secondary N) is 1. The van der Waals surface area contributed by atoms with Gasteiger partial charge in [-0.2, -0.15) is 0 Å². The molecule has 0 saturated carbocycles. The lowest BCUT2D eigenvalue weighted by molar-refractivity contribution is -0.136. The Hall–Kier alpha value is -2.89. The van der Waals surface area contributed by atoms with E-state index in [0.29, 0.717) is 28.0 Å². The third kappa shape index (κ3) is 2.63. The third-order valence-electron chi connectivity index (χ3n) is 3.65. The average Bonchev–Trinajstić information content (AvgIpc) is 2.87. The van der Waals surface area contributed by atoms with Crippen LogP contribution in [0.3, 0.4) is 0 Å². The fourth-order valence-electron chi connectivity index (χ4n) is 2.68. The van der Waals surface area contributed by atoms with E-state index in [4.69, 9.17) is 9.84 Å². The zero-order valence-corrected chi connectivity index (χ0v) is 12.2. The van der Waals surface area contributed by atoms with Crippen LogP contribution in [-0.2, 0) is 11.2 Å². The lowest BCUT2D eigenvalue weighted by Gasteiger charge is -2.09. The number of aliphatic carboxylic acids is 1. The Labute approximate surface area is 130 Å². The number of para-hydroxylation sites is 1. The molecule has 0 atom stereocenters. The predicted molar refractivity (Wildman–Crippen MR) is 81.5 cm³/mol. The van der Waals surface area contributed by atoms with E-state index < -0.39 is 17.6 Å². The van der Waals surface area contributed by atoms with Gasteiger partial charge in [0, 0.05) is 10.9 Å². The van der Waals surface area contributed by atoms with Crippen LogP contribution in [0.2, 0.25) is 0 Å². The van der Waals surface area contributed by atoms with Gasteiger partial charge in [0.05, 0.1) is 24.7 Å². The van der Waals surface area contributed by atoms with Crippen LogP contribution >= 0.6 is 0 Å². The van der Waals surface area contributed by atoms with E-state index in [1.165, 1.54) is 37.4 Å². The van der Waals surface area contributed by atoms with Crippen molar-refractivity contribution in [3.63, 3.8) is 0 Å². The highest BCUT2D eigenvalue weighted by Crippen LogP contribution is 2.37. The van der Waals surface area contributed by atoms with E-state index in [1.54, 1.807) is 6.07 Å². The van der Waals surface area contributed by atoms with Crippen molar-refractivity contribution in [1.82, 2.24) is 4.98 Å². The summed E-state index contributed by atoms with van der Waals surface area (Å²) >= 11 is 0. The van der Waals surface area contributed by atoms with E-state index in [1.807, 2.05) is 0 Å². The summed E-state index contributed by atoms with van der Waals surface area (Å²) < 4.78 is 32.9. The van der Waals surface area contributed by atoms with Crippen LogP contribution in [0.4, 0.5) is 8.78 Å². The monoisotopic (exact) mass is 317 g/mol. The molecule has 3 aromatic rings. The highest BCUT2D eigenvalue weighted by molar-refractivity contribution is 5.95. The van der Waals surface area contributed by atoms with E-state index in [-0.39, 0.29) is 11.9 Å². The molecule has 23 heavy (non-hydrogen) atoms. The molecule has 0 spiro atoms. The topological polar surface area (TPSA) is 62.3 Å². The normalized spacial score (nSPS) is 10.9. The number of benzene rings is 2. The minimum atomic E-state index is -1.06. The minimum absolute atomic E-state index is 0.185. The SMILES string of the molecule is COc1ccc(F)cc1-c1[nH]c2c(F)cccc2c1CC(=O)O. The summed E-state index contributed by atoms with van der Waals surface area (Å²) in [6.45, 7) is 0. The van der Waals surface area contributed by atoms with Gasteiger partial charge < -0.3 is 14.8 Å². The van der Waals surface area contributed by atoms with Crippen LogP contribution < -0.4 is 4.74 Å². The second-order valence-electron chi connectivity index (χ2n) is 5.06. The maximum atomic E-state index is 14.0. The summed E-state index contributed by atoms with van der Waals surface area (Å²) in [5.74, 6) is -1.70. The summed E-state index contributed by atoms with van der Waals surface area (Å²) in [5, 5.41) is 9.61. The van der Waals surface area contributed by atoms with Gasteiger partial charge in [0.1, 0.15) is 17.4 Å². The number of hydrogen-bond acceptors (Lipinski definition) is 2. The first kappa shape index (κ1) is 15.0. The maximum absolute atomic E-state index is 14.0. The lowest BCUT2D eigenvalue weighted by Crippen LogP contribution is -2.01. The molecule has 0 bridgehead atoms. The van der Waals surface area contributed by atoms with E-state index in [0.717, 1.165) is 0 Å². The van der Waals surface area contributed by atoms with Crippen molar-refractivity contribution in [3.8, 4) is 17.0 Å². The molecule has 118 valence electrons. The number of carboxylic acids is 1. The van der Waals surface area contributed by atoms with Gasteiger partial charge in [-0.1, -0.05) is 12.1 Å². The number of hydrogen-bond donors (Lipinski definition) is 2. The molecule has 0 aliphatic rings. The molecule has 0 amide bonds. The van der Waals surface area contributed by atoms with Crippen LogP contribution in [0, 0.1) is 11.6 Å². The molecular weight excluding hydrogens is 304 g/mol. The first-order valence-corrected chi connectivity index (χ1v) is 6.86. The molecule has 0 aliphatic heterocycles. The molecule has 0 unspecified atom stereocenters. The number of halogens is 2. The van der Waals surface area contributed by atoms with Crippen molar-refractivity contribution in [3.05, 3.63) is 53.6 Å². The largest absolute Gasteiger partial charge is 0.496 e. The minimum Gasteiger partial charge on any atom is -0.496 e. The van der Waals surface area contributed by atoms with Gasteiger partial charge in [0.15, 0.2) is 0 Å². The average molecular weight is 317 g/mol. The molecule has 6 heteroatoms. The number of fused-ring (bicyclic) bond motifs is 1. The summed E-state index contributed by atoms with van der Waals surface area (Å²) in [6.07, 6.45) is -0.321. The van der Waals surface area contributed by atoms with Crippen molar-refractivity contribution in [2.45, 2.75) is 6.42 Å². The van der Waals surface area contributed by atoms with E-state index >= 15 is 0 Å². The third-order valence-corrected chi connectivity index (χ3v) is 3.65. The van der Waals surface area contributed by atoms with E-state index in [9.17, 15) is 13.6 Å². The predicted octanol–water partition coefficient (Wildman–Crippen LogP) is 3.75. The van der Waals surface area contributed by atoms with Crippen molar-refractivity contribution >= 4 is 16.9 Å². The summed E-state index contributed by atoms with van der Waals surface area (Å²) in [5.41, 5.74) is 1.25. The molecule has 3 rings (SSSR count). The number of carbonyl (C=O) groups is 1. The Morgan fingerprint density at radius 3 is 2.74 bits per heavy atom. The molecule has 0 saturated heterocycles. The van der Waals surface area contributed by atoms with Gasteiger partial charge in [-0.3, -0.25) is 4.79 Å². The number of rotatable bonds is 4. The van der Waals surface area contributed by atoms with Crippen LogP contribution in [0.25, 0.3) is 22.2 Å². The molecule has 4 nitrogen and oxygen atoms in total. The number of ether oxygens (including phenoxy) is 1. The fraction of sp³-hybridized carbons (Fsp3) is 0.118. The maximum Gasteiger partial charge on any atom is 0.307 e. The molecular formula is C17H13F2NO3. The smallest absolute Gasteiger partial charge is 0.307 e. The van der Waals surface area contributed by atoms with Gasteiger partial charge in [-0.05, 0) is 29.8 Å². The number of carboxylic acid groups (broad SMARTS) is 1. The van der Waals surface area contributed by atoms with Crippen LogP contribution in [0.15, 0.2) is 36.4 Å². The van der Waals surface area contributed by atoms with Gasteiger partial charge in [-0.25, -0.2) is 8.78 Å². The van der Waals surface area contributed by atoms with Crippen LogP contribution in [0.5, 0.6) is 5.75 Å². The number of methoxy groups -OCH3 is 1. The number of aromatic nitrogens is 1. The zero-order chi connectivity index (χ0) is 16.6. The second-order valence-corrected chi connectivity index (χ2v) is 5.06. The Kier molecular flexibility index (Phi) is 3.73. The summed E-state index contributed by atoms with van der Waals surface area (Å²) in [7, 11) is 1.43. The first-order chi connectivity index (χ1) is 11.0. The summed E-state index contributed by atoms with van der Waals surface area (Å²) in [4.78, 5) is 14.1. The first-order valence-electron chi connectivity index (χ1n) is 6.86. The van der Waals surface area contributed by atoms with E-state index in [2.05, 4.69) is 4.98 Å². The fourth-order valence-corrected chi connectivity index (χ4v) is 2.68. The highest BCUT2D eigenvalue weighted by Gasteiger charge is 2.20. The Morgan fingerprint density at radius 1 is 1.26 bits per heavy atom. The van der Waals surface area contributed by atoms with Gasteiger partial charge in [0.25, 0.3) is 0 Å². The van der Waals surface area contributed by atoms with Crippen LogP contribution in [-0.4, -0.2) is 23.2 Å². The number of H-pyrrole nitrogens is 1. The quantitative estimate of drug-likeness (QED) is 0.770. The number of aromatic amines is 1. The van der Waals surface area contributed by atoms with Gasteiger partial charge in [0.2, 0.25) is 0 Å². The van der Waals surface area contributed by atoms with Crippen LogP contribution in [0.1, 0.15) is 5.56 Å². The van der Waals surface area contributed by atoms with Crippen molar-refractivity contribution in [2.24, 2.45) is 0 Å². The van der Waals surface area contributed by atoms with Crippen molar-refractivity contribution in [2.75, 3.05) is 7.11 Å². The lowest BCUT2D eigenvalue weighted by atomic mass is 10.0. The Bertz CT molecular complexity index is 902. The molecule has 1 heterocycles. The second kappa shape index (κ2) is 5.72. The Balaban J connectivity index is 2.34. The van der Waals surface area contributed by atoms with Crippen molar-refractivity contribution < 1.29 is 23.4 Å². The molecule has 0 aliphatic carbocycles. The standard InChI is InChI=1S/C17H13F2NO3/c1-23-14-6-5-9(18)7-12(14)16-11(8-15(21)22)10-3-2-4-13(19)17(10)20-16/h2-7,20H,8H2,1H3,(H,21,22). The highest BCUT2D eigenvalue weighted by atomic mass is 19.1. The molecule has 1 aromatic heterocycles. The zero-order valence-electron chi connectivity index (χ0n) is 12.2. The molecule has 0 radical (unpaired) electrons. The van der Waals surface area contributed by atoms with Crippen molar-refractivity contribution in [1.29, 1.82) is 0 Å². The van der Waals surface area contributed by atoms with Gasteiger partial charge in [-0.15, -0.1) is 0 Å². The molecule has 0 fully saturated rings. The molecule has 2 N–H and O–H groups in total. The summed E-state index contributed by atoms with van der Waals surface area (Å²) in [6, 6.07) is 8.31.